The second-order valence-electron chi connectivity index (χ2n) is 10.6. The van der Waals surface area contributed by atoms with Crippen molar-refractivity contribution in [2.24, 2.45) is 0 Å². The lowest BCUT2D eigenvalue weighted by atomic mass is 10.1. The number of aromatic nitrogens is 4. The standard InChI is InChI=1S/C33H31N7O/c41-30(17-14-24-7-2-1-3-8-24)39-21-19-38(20-22-39)23-25-12-15-26(16-13-25)32-36-37-33-27-9-4-5-10-28(27)35-31-29(40(32)33)11-6-18-34-31/h1-13,15-16,18H,14,17,19-23H2,(H,34,35). The van der Waals surface area contributed by atoms with E-state index in [-0.39, 0.29) is 5.91 Å². The van der Waals surface area contributed by atoms with Gasteiger partial charge in [-0.1, -0.05) is 66.7 Å². The normalized spacial score (nSPS) is 14.4. The van der Waals surface area contributed by atoms with Gasteiger partial charge in [0.2, 0.25) is 5.91 Å². The predicted molar refractivity (Wildman–Crippen MR) is 160 cm³/mol. The zero-order chi connectivity index (χ0) is 27.6. The molecule has 2 aromatic heterocycles. The first-order chi connectivity index (χ1) is 20.2. The van der Waals surface area contributed by atoms with Gasteiger partial charge in [0.1, 0.15) is 0 Å². The lowest BCUT2D eigenvalue weighted by Crippen LogP contribution is -2.48. The van der Waals surface area contributed by atoms with E-state index in [1.165, 1.54) is 11.1 Å². The van der Waals surface area contributed by atoms with Gasteiger partial charge in [-0.3, -0.25) is 14.3 Å². The van der Waals surface area contributed by atoms with Gasteiger partial charge in [-0.2, -0.15) is 0 Å². The van der Waals surface area contributed by atoms with Crippen molar-refractivity contribution in [2.75, 3.05) is 31.5 Å². The molecule has 1 amide bonds. The van der Waals surface area contributed by atoms with Gasteiger partial charge in [0.05, 0.1) is 11.4 Å². The van der Waals surface area contributed by atoms with Crippen molar-refractivity contribution in [1.82, 2.24) is 29.5 Å². The first kappa shape index (κ1) is 25.2. The highest BCUT2D eigenvalue weighted by molar-refractivity contribution is 5.84. The van der Waals surface area contributed by atoms with Gasteiger partial charge < -0.3 is 10.2 Å². The van der Waals surface area contributed by atoms with E-state index < -0.39 is 0 Å². The molecular weight excluding hydrogens is 510 g/mol. The molecule has 1 fully saturated rings. The number of anilines is 2. The molecule has 0 atom stereocenters. The lowest BCUT2D eigenvalue weighted by Gasteiger charge is -2.35. The Bertz CT molecular complexity index is 1670. The van der Waals surface area contributed by atoms with Crippen LogP contribution in [0.5, 0.6) is 0 Å². The van der Waals surface area contributed by atoms with Crippen molar-refractivity contribution >= 4 is 17.4 Å². The van der Waals surface area contributed by atoms with Gasteiger partial charge in [-0.15, -0.1) is 10.2 Å². The van der Waals surface area contributed by atoms with E-state index in [1.807, 2.05) is 53.4 Å². The molecule has 0 radical (unpaired) electrons. The van der Waals surface area contributed by atoms with E-state index in [4.69, 9.17) is 0 Å². The molecule has 2 aliphatic heterocycles. The van der Waals surface area contributed by atoms with Crippen LogP contribution in [0.25, 0.3) is 28.5 Å². The number of fused-ring (bicyclic) bond motifs is 5. The molecule has 41 heavy (non-hydrogen) atoms. The summed E-state index contributed by atoms with van der Waals surface area (Å²) in [6, 6.07) is 30.9. The topological polar surface area (TPSA) is 79.2 Å². The van der Waals surface area contributed by atoms with Crippen LogP contribution in [-0.4, -0.2) is 61.6 Å². The van der Waals surface area contributed by atoms with Crippen molar-refractivity contribution in [3.63, 3.8) is 0 Å². The minimum atomic E-state index is 0.250. The molecule has 0 spiro atoms. The molecule has 0 bridgehead atoms. The molecule has 8 heteroatoms. The Labute approximate surface area is 239 Å². The van der Waals surface area contributed by atoms with Gasteiger partial charge >= 0.3 is 0 Å². The van der Waals surface area contributed by atoms with Crippen LogP contribution < -0.4 is 5.32 Å². The number of amides is 1. The Balaban J connectivity index is 1.03. The fraction of sp³-hybridized carbons (Fsp3) is 0.212. The van der Waals surface area contributed by atoms with Crippen LogP contribution in [0, 0.1) is 0 Å². The maximum Gasteiger partial charge on any atom is 0.222 e. The fourth-order valence-corrected chi connectivity index (χ4v) is 5.69. The number of nitrogens with zero attached hydrogens (tertiary/aromatic N) is 6. The van der Waals surface area contributed by atoms with Gasteiger partial charge in [0.15, 0.2) is 17.5 Å². The minimum absolute atomic E-state index is 0.250. The Morgan fingerprint density at radius 3 is 2.34 bits per heavy atom. The molecule has 1 saturated heterocycles. The van der Waals surface area contributed by atoms with Crippen molar-refractivity contribution < 1.29 is 4.79 Å². The summed E-state index contributed by atoms with van der Waals surface area (Å²) in [5, 5.41) is 12.7. The first-order valence-electron chi connectivity index (χ1n) is 14.1. The summed E-state index contributed by atoms with van der Waals surface area (Å²) in [5.41, 5.74) is 6.31. The van der Waals surface area contributed by atoms with Crippen molar-refractivity contribution in [2.45, 2.75) is 19.4 Å². The van der Waals surface area contributed by atoms with E-state index in [1.54, 1.807) is 6.20 Å². The number of benzene rings is 3. The number of nitrogens with one attached hydrogen (secondary N) is 1. The van der Waals surface area contributed by atoms with Gasteiger partial charge in [-0.25, -0.2) is 4.98 Å². The highest BCUT2D eigenvalue weighted by atomic mass is 16.2. The van der Waals surface area contributed by atoms with Crippen LogP contribution in [0.2, 0.25) is 0 Å². The summed E-state index contributed by atoms with van der Waals surface area (Å²) in [4.78, 5) is 21.8. The Morgan fingerprint density at radius 2 is 1.51 bits per heavy atom. The first-order valence-corrected chi connectivity index (χ1v) is 14.1. The predicted octanol–water partition coefficient (Wildman–Crippen LogP) is 5.33. The van der Waals surface area contributed by atoms with E-state index in [0.29, 0.717) is 6.42 Å². The molecule has 2 aliphatic rings. The maximum atomic E-state index is 12.7. The number of carbonyl (C=O) groups is 1. The molecule has 3 aromatic carbocycles. The quantitative estimate of drug-likeness (QED) is 0.307. The number of aryl methyl sites for hydroxylation is 1. The number of para-hydroxylation sites is 1. The average molecular weight is 542 g/mol. The van der Waals surface area contributed by atoms with Crippen molar-refractivity contribution in [3.05, 3.63) is 108 Å². The summed E-state index contributed by atoms with van der Waals surface area (Å²) in [5.74, 6) is 2.59. The number of carbonyl (C=O) groups excluding carboxylic acids is 1. The average Bonchev–Trinajstić information content (AvgIpc) is 3.41. The van der Waals surface area contributed by atoms with Crippen LogP contribution >= 0.6 is 0 Å². The smallest absolute Gasteiger partial charge is 0.222 e. The molecule has 0 saturated carbocycles. The molecule has 4 heterocycles. The van der Waals surface area contributed by atoms with Crippen LogP contribution in [0.3, 0.4) is 0 Å². The Hall–Kier alpha value is -4.82. The second kappa shape index (κ2) is 11.0. The van der Waals surface area contributed by atoms with Gasteiger partial charge in [0.25, 0.3) is 0 Å². The van der Waals surface area contributed by atoms with E-state index in [9.17, 15) is 4.79 Å². The van der Waals surface area contributed by atoms with Crippen LogP contribution in [0.4, 0.5) is 11.5 Å². The Kier molecular flexibility index (Phi) is 6.74. The molecule has 0 aliphatic carbocycles. The molecule has 5 aromatic rings. The summed E-state index contributed by atoms with van der Waals surface area (Å²) < 4.78 is 2.09. The van der Waals surface area contributed by atoms with E-state index >= 15 is 0 Å². The lowest BCUT2D eigenvalue weighted by molar-refractivity contribution is -0.133. The minimum Gasteiger partial charge on any atom is -0.340 e. The third kappa shape index (κ3) is 5.10. The molecule has 204 valence electrons. The molecular formula is C33H31N7O. The van der Waals surface area contributed by atoms with E-state index in [2.05, 4.69) is 72.4 Å². The molecule has 0 unspecified atom stereocenters. The zero-order valence-corrected chi connectivity index (χ0v) is 22.8. The maximum absolute atomic E-state index is 12.7. The van der Waals surface area contributed by atoms with Crippen molar-refractivity contribution in [1.29, 1.82) is 0 Å². The number of hydrogen-bond donors (Lipinski definition) is 1. The number of piperazine rings is 1. The summed E-state index contributed by atoms with van der Waals surface area (Å²) >= 11 is 0. The highest BCUT2D eigenvalue weighted by Crippen LogP contribution is 2.38. The second-order valence-corrected chi connectivity index (χ2v) is 10.6. The molecule has 1 N–H and O–H groups in total. The van der Waals surface area contributed by atoms with Crippen molar-refractivity contribution in [3.8, 4) is 28.5 Å². The fourth-order valence-electron chi connectivity index (χ4n) is 5.69. The van der Waals surface area contributed by atoms with Gasteiger partial charge in [0, 0.05) is 56.5 Å². The van der Waals surface area contributed by atoms with Gasteiger partial charge in [-0.05, 0) is 41.8 Å². The monoisotopic (exact) mass is 541 g/mol. The number of pyridine rings is 1. The van der Waals surface area contributed by atoms with Crippen LogP contribution in [0.15, 0.2) is 97.2 Å². The molecule has 8 nitrogen and oxygen atoms in total. The summed E-state index contributed by atoms with van der Waals surface area (Å²) in [7, 11) is 0. The summed E-state index contributed by atoms with van der Waals surface area (Å²) in [6.45, 7) is 4.18. The largest absolute Gasteiger partial charge is 0.340 e. The zero-order valence-electron chi connectivity index (χ0n) is 22.8. The third-order valence-corrected chi connectivity index (χ3v) is 7.93. The van der Waals surface area contributed by atoms with Crippen LogP contribution in [-0.2, 0) is 17.8 Å². The summed E-state index contributed by atoms with van der Waals surface area (Å²) in [6.07, 6.45) is 3.16. The highest BCUT2D eigenvalue weighted by Gasteiger charge is 2.25. The number of hydrogen-bond acceptors (Lipinski definition) is 6. The Morgan fingerprint density at radius 1 is 0.756 bits per heavy atom. The molecule has 7 rings (SSSR count). The third-order valence-electron chi connectivity index (χ3n) is 7.93. The SMILES string of the molecule is O=C(CCc1ccccc1)N1CCN(Cc2ccc(-c3nnc4n3-c3cccnc3Nc3ccccc3-4)cc2)CC1. The van der Waals surface area contributed by atoms with Crippen LogP contribution in [0.1, 0.15) is 17.5 Å². The number of rotatable bonds is 6. The van der Waals surface area contributed by atoms with E-state index in [0.717, 1.165) is 79.1 Å².